The molecule has 0 saturated heterocycles. The Hall–Kier alpha value is -1.83. The molecule has 0 aliphatic heterocycles. The highest BCUT2D eigenvalue weighted by atomic mass is 16.1. The number of carbonyl (C=O) groups excluding carboxylic acids is 1. The van der Waals surface area contributed by atoms with Crippen molar-refractivity contribution in [2.24, 2.45) is 0 Å². The topological polar surface area (TPSA) is 29.1 Å². The van der Waals surface area contributed by atoms with Crippen molar-refractivity contribution in [3.8, 4) is 0 Å². The average molecular weight is 275 g/mol. The van der Waals surface area contributed by atoms with E-state index in [0.29, 0.717) is 6.54 Å². The fourth-order valence-electron chi connectivity index (χ4n) is 1.65. The predicted molar refractivity (Wildman–Crippen MR) is 90.0 cm³/mol. The monoisotopic (exact) mass is 275 g/mol. The second kappa shape index (κ2) is 12.2. The Labute approximate surface area is 125 Å². The molecular formula is C18H29NO. The normalized spacial score (nSPS) is 12.1. The van der Waals surface area contributed by atoms with E-state index in [9.17, 15) is 4.79 Å². The second-order valence-electron chi connectivity index (χ2n) is 3.78. The number of ketones is 1. The van der Waals surface area contributed by atoms with Crippen LogP contribution < -0.4 is 5.32 Å². The molecule has 0 saturated carbocycles. The van der Waals surface area contributed by atoms with E-state index in [0.717, 1.165) is 24.1 Å². The lowest BCUT2D eigenvalue weighted by Gasteiger charge is -2.09. The number of benzene rings is 1. The molecule has 0 amide bonds. The summed E-state index contributed by atoms with van der Waals surface area (Å²) in [6.45, 7) is 8.36. The summed E-state index contributed by atoms with van der Waals surface area (Å²) in [6.07, 6.45) is 8.42. The molecule has 0 unspecified atom stereocenters. The number of nitrogens with one attached hydrogen (secondary N) is 1. The minimum absolute atomic E-state index is 0. The molecule has 112 valence electrons. The molecule has 2 nitrogen and oxygen atoms in total. The van der Waals surface area contributed by atoms with Crippen LogP contribution in [0.1, 0.15) is 52.3 Å². The van der Waals surface area contributed by atoms with Gasteiger partial charge in [0.1, 0.15) is 0 Å². The summed E-state index contributed by atoms with van der Waals surface area (Å²) in [6, 6.07) is 9.36. The highest BCUT2D eigenvalue weighted by Crippen LogP contribution is 2.07. The third kappa shape index (κ3) is 6.93. The zero-order valence-electron chi connectivity index (χ0n) is 13.1. The molecule has 0 radical (unpaired) electrons. The number of allylic oxidation sites excluding steroid dienone is 3. The number of hydrogen-bond donors (Lipinski definition) is 1. The Morgan fingerprint density at radius 1 is 1.10 bits per heavy atom. The first-order valence-electron chi connectivity index (χ1n) is 7.55. The lowest BCUT2D eigenvalue weighted by atomic mass is 10.1. The molecule has 1 N–H and O–H groups in total. The number of carbonyl (C=O) groups is 1. The van der Waals surface area contributed by atoms with Crippen LogP contribution in [-0.2, 0) is 0 Å². The van der Waals surface area contributed by atoms with Crippen LogP contribution in [-0.4, -0.2) is 12.3 Å². The van der Waals surface area contributed by atoms with E-state index in [-0.39, 0.29) is 7.21 Å². The van der Waals surface area contributed by atoms with Gasteiger partial charge >= 0.3 is 0 Å². The van der Waals surface area contributed by atoms with E-state index in [1.165, 1.54) is 0 Å². The van der Waals surface area contributed by atoms with E-state index in [4.69, 9.17) is 0 Å². The van der Waals surface area contributed by atoms with Gasteiger partial charge in [-0.15, -0.1) is 0 Å². The lowest BCUT2D eigenvalue weighted by Crippen LogP contribution is -2.22. The average Bonchev–Trinajstić information content (AvgIpc) is 2.58. The van der Waals surface area contributed by atoms with Gasteiger partial charge in [-0.2, -0.15) is 0 Å². The van der Waals surface area contributed by atoms with Crippen LogP contribution in [0, 0.1) is 0 Å². The van der Waals surface area contributed by atoms with Gasteiger partial charge in [0.25, 0.3) is 0 Å². The van der Waals surface area contributed by atoms with Gasteiger partial charge in [-0.05, 0) is 18.9 Å². The van der Waals surface area contributed by atoms with Crippen LogP contribution in [0.15, 0.2) is 54.3 Å². The number of rotatable bonds is 4. The van der Waals surface area contributed by atoms with Crippen molar-refractivity contribution < 1.29 is 6.22 Å². The van der Waals surface area contributed by atoms with Gasteiger partial charge in [-0.1, -0.05) is 70.2 Å². The van der Waals surface area contributed by atoms with Gasteiger partial charge < -0.3 is 5.32 Å². The minimum Gasteiger partial charge on any atom is -0.378 e. The standard InChI is InChI=1S/C14H15NO.2C2H6.H2/c16-14(12-7-3-1-4-8-12)11-15-13-9-5-2-6-10-13;2*1-2;/h1,3-5,7-10,15H,2,6,11H2;2*1-2H3;1H. The molecule has 2 rings (SSSR count). The van der Waals surface area contributed by atoms with Crippen LogP contribution in [0.5, 0.6) is 0 Å². The maximum absolute atomic E-state index is 11.8. The van der Waals surface area contributed by atoms with Crippen LogP contribution in [0.3, 0.4) is 0 Å². The molecule has 0 aromatic heterocycles. The Balaban J connectivity index is 0. The van der Waals surface area contributed by atoms with Gasteiger partial charge in [0, 0.05) is 12.7 Å². The highest BCUT2D eigenvalue weighted by Gasteiger charge is 2.05. The summed E-state index contributed by atoms with van der Waals surface area (Å²) in [4.78, 5) is 11.8. The van der Waals surface area contributed by atoms with Gasteiger partial charge in [0.15, 0.2) is 5.78 Å². The summed E-state index contributed by atoms with van der Waals surface area (Å²) >= 11 is 0. The molecule has 0 bridgehead atoms. The fourth-order valence-corrected chi connectivity index (χ4v) is 1.65. The van der Waals surface area contributed by atoms with E-state index in [2.05, 4.69) is 17.5 Å². The summed E-state index contributed by atoms with van der Waals surface area (Å²) < 4.78 is 0. The van der Waals surface area contributed by atoms with Crippen LogP contribution in [0.2, 0.25) is 0 Å². The molecule has 1 aliphatic carbocycles. The number of Topliss-reactive ketones (excluding diaryl/α,β-unsaturated/α-hetero) is 1. The molecule has 20 heavy (non-hydrogen) atoms. The van der Waals surface area contributed by atoms with Crippen LogP contribution in [0.25, 0.3) is 0 Å². The summed E-state index contributed by atoms with van der Waals surface area (Å²) in [5.41, 5.74) is 1.81. The van der Waals surface area contributed by atoms with Gasteiger partial charge in [-0.3, -0.25) is 4.79 Å². The van der Waals surface area contributed by atoms with Gasteiger partial charge in [0.2, 0.25) is 0 Å². The molecule has 0 heterocycles. The molecule has 0 fully saturated rings. The van der Waals surface area contributed by atoms with Crippen molar-refractivity contribution in [3.05, 3.63) is 59.8 Å². The third-order valence-corrected chi connectivity index (χ3v) is 2.54. The van der Waals surface area contributed by atoms with Crippen molar-refractivity contribution in [2.45, 2.75) is 40.5 Å². The smallest absolute Gasteiger partial charge is 0.181 e. The van der Waals surface area contributed by atoms with Gasteiger partial charge in [-0.25, -0.2) is 0 Å². The van der Waals surface area contributed by atoms with Gasteiger partial charge in [0.05, 0.1) is 6.54 Å². The maximum atomic E-state index is 11.8. The summed E-state index contributed by atoms with van der Waals surface area (Å²) in [7, 11) is 0. The van der Waals surface area contributed by atoms with E-state index in [1.54, 1.807) is 0 Å². The molecular weight excluding hydrogens is 246 g/mol. The predicted octanol–water partition coefficient (Wildman–Crippen LogP) is 4.99. The number of hydrogen-bond acceptors (Lipinski definition) is 2. The maximum Gasteiger partial charge on any atom is 0.181 e. The quantitative estimate of drug-likeness (QED) is 0.784. The van der Waals surface area contributed by atoms with Crippen molar-refractivity contribution in [1.29, 1.82) is 0 Å². The van der Waals surface area contributed by atoms with Crippen molar-refractivity contribution in [2.75, 3.05) is 6.54 Å². The molecule has 0 atom stereocenters. The van der Waals surface area contributed by atoms with Crippen molar-refractivity contribution >= 4 is 5.78 Å². The first-order valence-corrected chi connectivity index (χ1v) is 7.55. The first kappa shape index (κ1) is 18.2. The molecule has 0 spiro atoms. The SMILES string of the molecule is CC.CC.O=C(CNC1=CCCC=C1)c1ccccc1.[HH]. The highest BCUT2D eigenvalue weighted by molar-refractivity contribution is 5.97. The zero-order valence-corrected chi connectivity index (χ0v) is 13.1. The zero-order chi connectivity index (χ0) is 15.2. The van der Waals surface area contributed by atoms with Crippen molar-refractivity contribution in [3.63, 3.8) is 0 Å². The molecule has 1 aliphatic rings. The van der Waals surface area contributed by atoms with Crippen LogP contribution in [0.4, 0.5) is 0 Å². The summed E-state index contributed by atoms with van der Waals surface area (Å²) in [5, 5.41) is 3.14. The largest absolute Gasteiger partial charge is 0.378 e. The molecule has 1 aromatic rings. The second-order valence-corrected chi connectivity index (χ2v) is 3.78. The fraction of sp³-hybridized carbons (Fsp3) is 0.389. The van der Waals surface area contributed by atoms with E-state index >= 15 is 0 Å². The lowest BCUT2D eigenvalue weighted by molar-refractivity contribution is 0.0994. The Bertz CT molecular complexity index is 424. The Morgan fingerprint density at radius 3 is 2.30 bits per heavy atom. The van der Waals surface area contributed by atoms with Crippen LogP contribution >= 0.6 is 0 Å². The molecule has 2 heteroatoms. The first-order chi connectivity index (χ1) is 9.86. The van der Waals surface area contributed by atoms with E-state index < -0.39 is 0 Å². The van der Waals surface area contributed by atoms with Crippen molar-refractivity contribution in [1.82, 2.24) is 5.32 Å². The Morgan fingerprint density at radius 2 is 1.75 bits per heavy atom. The van der Waals surface area contributed by atoms with E-state index in [1.807, 2.05) is 64.1 Å². The minimum atomic E-state index is 0. The molecule has 1 aromatic carbocycles. The third-order valence-electron chi connectivity index (χ3n) is 2.54. The Kier molecular flexibility index (Phi) is 11.1. The summed E-state index contributed by atoms with van der Waals surface area (Å²) in [5.74, 6) is 0.125.